The lowest BCUT2D eigenvalue weighted by atomic mass is 10.0. The number of hydrogen-bond donors (Lipinski definition) is 5. The van der Waals surface area contributed by atoms with Gasteiger partial charge in [0.1, 0.15) is 0 Å². The van der Waals surface area contributed by atoms with Crippen LogP contribution in [-0.2, 0) is 18.4 Å². The fourth-order valence-corrected chi connectivity index (χ4v) is 6.11. The number of hydrogen-bond acceptors (Lipinski definition) is 7. The number of phosphoric ester groups is 1. The highest BCUT2D eigenvalue weighted by atomic mass is 31.2. The molecule has 0 aromatic rings. The van der Waals surface area contributed by atoms with Gasteiger partial charge in [-0.1, -0.05) is 154 Å². The Kier molecular flexibility index (Phi) is 31.2. The summed E-state index contributed by atoms with van der Waals surface area (Å²) in [5.74, 6) is -0.448. The Morgan fingerprint density at radius 3 is 1.71 bits per heavy atom. The van der Waals surface area contributed by atoms with Gasteiger partial charge in [0.2, 0.25) is 5.91 Å². The van der Waals surface area contributed by atoms with Crippen LogP contribution in [0.4, 0.5) is 0 Å². The molecular formula is C35H71N2O7P. The highest BCUT2D eigenvalue weighted by Gasteiger charge is 2.27. The van der Waals surface area contributed by atoms with E-state index in [9.17, 15) is 24.5 Å². The predicted octanol–water partition coefficient (Wildman–Crippen LogP) is 8.24. The predicted molar refractivity (Wildman–Crippen MR) is 186 cm³/mol. The topological polar surface area (TPSA) is 151 Å². The molecule has 0 aliphatic carbocycles. The second-order valence-electron chi connectivity index (χ2n) is 12.6. The molecule has 0 bridgehead atoms. The Hall–Kier alpha value is -0.800. The van der Waals surface area contributed by atoms with Crippen molar-refractivity contribution in [2.45, 2.75) is 186 Å². The van der Waals surface area contributed by atoms with Crippen LogP contribution >= 0.6 is 7.82 Å². The van der Waals surface area contributed by atoms with Gasteiger partial charge in [-0.2, -0.15) is 0 Å². The van der Waals surface area contributed by atoms with Crippen molar-refractivity contribution in [3.63, 3.8) is 0 Å². The molecule has 268 valence electrons. The second kappa shape index (κ2) is 31.8. The van der Waals surface area contributed by atoms with Crippen molar-refractivity contribution in [1.82, 2.24) is 5.32 Å². The SMILES string of the molecule is CCCCCCCCC/C=C/C(O)C(COP(=O)(O)OCCN)NC(=O)CC(O)CCCCCCCCCCCCCCCC. The Labute approximate surface area is 276 Å². The van der Waals surface area contributed by atoms with Gasteiger partial charge in [0.05, 0.1) is 37.9 Å². The van der Waals surface area contributed by atoms with Gasteiger partial charge >= 0.3 is 7.82 Å². The first kappa shape index (κ1) is 44.2. The number of amides is 1. The van der Waals surface area contributed by atoms with Crippen molar-refractivity contribution in [3.8, 4) is 0 Å². The molecule has 0 heterocycles. The first-order valence-electron chi connectivity index (χ1n) is 18.4. The standard InChI is InChI=1S/C35H71N2O7P/c1-3-5-7-9-11-13-14-15-16-17-19-20-22-24-26-32(38)30-35(40)37-33(31-44-45(41,42)43-29-28-36)34(39)27-25-23-21-18-12-10-8-6-4-2/h25,27,32-34,38-39H,3-24,26,28-31,36H2,1-2H3,(H,37,40)(H,41,42)/b27-25+. The van der Waals surface area contributed by atoms with Gasteiger partial charge in [-0.05, 0) is 19.3 Å². The zero-order chi connectivity index (χ0) is 33.4. The number of allylic oxidation sites excluding steroid dienone is 1. The number of rotatable bonds is 34. The van der Waals surface area contributed by atoms with E-state index in [0.29, 0.717) is 6.42 Å². The molecule has 9 nitrogen and oxygen atoms in total. The molecule has 45 heavy (non-hydrogen) atoms. The van der Waals surface area contributed by atoms with E-state index < -0.39 is 38.6 Å². The van der Waals surface area contributed by atoms with Crippen LogP contribution in [-0.4, -0.2) is 59.0 Å². The minimum atomic E-state index is -4.38. The average molecular weight is 663 g/mol. The Bertz CT molecular complexity index is 741. The first-order valence-corrected chi connectivity index (χ1v) is 19.9. The van der Waals surface area contributed by atoms with Gasteiger partial charge in [0.25, 0.3) is 0 Å². The zero-order valence-electron chi connectivity index (χ0n) is 29.0. The summed E-state index contributed by atoms with van der Waals surface area (Å²) in [5, 5.41) is 23.8. The molecule has 0 spiro atoms. The maximum Gasteiger partial charge on any atom is 0.472 e. The molecule has 0 aromatic heterocycles. The van der Waals surface area contributed by atoms with E-state index in [4.69, 9.17) is 14.8 Å². The summed E-state index contributed by atoms with van der Waals surface area (Å²) in [7, 11) is -4.38. The molecule has 0 saturated heterocycles. The molecule has 0 fully saturated rings. The van der Waals surface area contributed by atoms with Gasteiger partial charge in [-0.15, -0.1) is 0 Å². The molecule has 0 rings (SSSR count). The van der Waals surface area contributed by atoms with Crippen LogP contribution in [0.3, 0.4) is 0 Å². The van der Waals surface area contributed by atoms with Crippen molar-refractivity contribution in [1.29, 1.82) is 0 Å². The van der Waals surface area contributed by atoms with Crippen molar-refractivity contribution < 1.29 is 33.5 Å². The number of aliphatic hydroxyl groups is 2. The number of unbranched alkanes of at least 4 members (excludes halogenated alkanes) is 20. The summed E-state index contributed by atoms with van der Waals surface area (Å²) in [6, 6.07) is -0.974. The fraction of sp³-hybridized carbons (Fsp3) is 0.914. The van der Waals surface area contributed by atoms with Crippen molar-refractivity contribution in [3.05, 3.63) is 12.2 Å². The molecular weight excluding hydrogens is 591 g/mol. The van der Waals surface area contributed by atoms with E-state index in [-0.39, 0.29) is 19.6 Å². The van der Waals surface area contributed by atoms with E-state index in [1.807, 2.05) is 6.08 Å². The zero-order valence-corrected chi connectivity index (χ0v) is 29.9. The maximum absolute atomic E-state index is 12.7. The maximum atomic E-state index is 12.7. The molecule has 4 atom stereocenters. The van der Waals surface area contributed by atoms with E-state index >= 15 is 0 Å². The number of nitrogens with one attached hydrogen (secondary N) is 1. The fourth-order valence-electron chi connectivity index (χ4n) is 5.35. The molecule has 0 aliphatic rings. The molecule has 1 amide bonds. The van der Waals surface area contributed by atoms with Crippen molar-refractivity contribution >= 4 is 13.7 Å². The summed E-state index contributed by atoms with van der Waals surface area (Å²) in [5.41, 5.74) is 5.33. The smallest absolute Gasteiger partial charge is 0.393 e. The minimum Gasteiger partial charge on any atom is -0.393 e. The lowest BCUT2D eigenvalue weighted by Crippen LogP contribution is -2.46. The average Bonchev–Trinajstić information content (AvgIpc) is 3.01. The summed E-state index contributed by atoms with van der Waals surface area (Å²) in [6.45, 7) is 3.92. The van der Waals surface area contributed by atoms with Crippen LogP contribution in [0.5, 0.6) is 0 Å². The van der Waals surface area contributed by atoms with E-state index in [0.717, 1.165) is 38.5 Å². The number of carbonyl (C=O) groups excluding carboxylic acids is 1. The largest absolute Gasteiger partial charge is 0.472 e. The molecule has 6 N–H and O–H groups in total. The van der Waals surface area contributed by atoms with Gasteiger partial charge in [-0.3, -0.25) is 13.8 Å². The lowest BCUT2D eigenvalue weighted by Gasteiger charge is -2.24. The molecule has 10 heteroatoms. The quantitative estimate of drug-likeness (QED) is 0.0263. The van der Waals surface area contributed by atoms with Crippen molar-refractivity contribution in [2.24, 2.45) is 5.73 Å². The number of aliphatic hydroxyl groups excluding tert-OH is 2. The number of nitrogens with two attached hydrogens (primary N) is 1. The first-order chi connectivity index (χ1) is 21.8. The molecule has 0 aromatic carbocycles. The van der Waals surface area contributed by atoms with E-state index in [2.05, 4.69) is 19.2 Å². The normalized spacial score (nSPS) is 15.2. The van der Waals surface area contributed by atoms with Crippen molar-refractivity contribution in [2.75, 3.05) is 19.8 Å². The van der Waals surface area contributed by atoms with Gasteiger partial charge in [-0.25, -0.2) is 4.57 Å². The van der Waals surface area contributed by atoms with E-state index in [1.165, 1.54) is 103 Å². The third-order valence-electron chi connectivity index (χ3n) is 8.17. The number of phosphoric acid groups is 1. The molecule has 0 saturated carbocycles. The summed E-state index contributed by atoms with van der Waals surface area (Å²) < 4.78 is 21.9. The highest BCUT2D eigenvalue weighted by Crippen LogP contribution is 2.43. The Morgan fingerprint density at radius 1 is 0.756 bits per heavy atom. The van der Waals surface area contributed by atoms with Gasteiger partial charge in [0.15, 0.2) is 0 Å². The molecule has 0 aliphatic heterocycles. The minimum absolute atomic E-state index is 0.0508. The van der Waals surface area contributed by atoms with Crippen LogP contribution < -0.4 is 11.1 Å². The third kappa shape index (κ3) is 30.3. The van der Waals surface area contributed by atoms with Crippen LogP contribution in [0.2, 0.25) is 0 Å². The van der Waals surface area contributed by atoms with Crippen LogP contribution in [0.15, 0.2) is 12.2 Å². The lowest BCUT2D eigenvalue weighted by molar-refractivity contribution is -0.124. The number of carbonyl (C=O) groups is 1. The van der Waals surface area contributed by atoms with Crippen LogP contribution in [0.25, 0.3) is 0 Å². The third-order valence-corrected chi connectivity index (χ3v) is 9.15. The summed E-state index contributed by atoms with van der Waals surface area (Å²) in [6.07, 6.45) is 28.7. The van der Waals surface area contributed by atoms with Gasteiger partial charge in [0, 0.05) is 6.54 Å². The second-order valence-corrected chi connectivity index (χ2v) is 14.1. The molecule has 4 unspecified atom stereocenters. The Morgan fingerprint density at radius 2 is 1.22 bits per heavy atom. The van der Waals surface area contributed by atoms with Crippen LogP contribution in [0.1, 0.15) is 168 Å². The summed E-state index contributed by atoms with van der Waals surface area (Å²) >= 11 is 0. The van der Waals surface area contributed by atoms with Crippen LogP contribution in [0, 0.1) is 0 Å². The molecule has 0 radical (unpaired) electrons. The highest BCUT2D eigenvalue weighted by molar-refractivity contribution is 7.47. The van der Waals surface area contributed by atoms with E-state index in [1.54, 1.807) is 6.08 Å². The monoisotopic (exact) mass is 662 g/mol. The summed E-state index contributed by atoms with van der Waals surface area (Å²) in [4.78, 5) is 22.6. The van der Waals surface area contributed by atoms with Gasteiger partial charge < -0.3 is 26.2 Å². The Balaban J connectivity index is 4.37.